The Morgan fingerprint density at radius 3 is 2.53 bits per heavy atom. The molecule has 96 valence electrons. The van der Waals surface area contributed by atoms with Crippen LogP contribution >= 0.6 is 0 Å². The van der Waals surface area contributed by atoms with Crippen LogP contribution in [0.5, 0.6) is 5.75 Å². The fraction of sp³-hybridized carbons (Fsp3) is 0.0714. The van der Waals surface area contributed by atoms with E-state index in [1.165, 1.54) is 13.2 Å². The number of carbonyl (C=O) groups is 1. The van der Waals surface area contributed by atoms with Gasteiger partial charge in [-0.1, -0.05) is 24.3 Å². The van der Waals surface area contributed by atoms with Crippen molar-refractivity contribution in [3.05, 3.63) is 58.1 Å². The minimum atomic E-state index is -0.487. The van der Waals surface area contributed by atoms with Crippen molar-refractivity contribution in [3.63, 3.8) is 0 Å². The summed E-state index contributed by atoms with van der Waals surface area (Å²) < 4.78 is 4.98. The van der Waals surface area contributed by atoms with Gasteiger partial charge in [0.15, 0.2) is 6.29 Å². The lowest BCUT2D eigenvalue weighted by atomic mass is 9.99. The highest BCUT2D eigenvalue weighted by atomic mass is 16.6. The molecule has 0 heterocycles. The Bertz CT molecular complexity index is 637. The molecular weight excluding hydrogens is 246 g/mol. The molecule has 0 N–H and O–H groups in total. The molecule has 0 atom stereocenters. The molecule has 2 aromatic carbocycles. The highest BCUT2D eigenvalue weighted by Crippen LogP contribution is 2.34. The normalized spacial score (nSPS) is 9.95. The van der Waals surface area contributed by atoms with Gasteiger partial charge in [0.25, 0.3) is 5.69 Å². The standard InChI is InChI=1S/C14H11NO4/c1-19-11-6-7-13(14(8-11)15(17)18)12-5-3-2-4-10(12)9-16/h2-9H,1H3. The topological polar surface area (TPSA) is 69.4 Å². The van der Waals surface area contributed by atoms with E-state index in [0.717, 1.165) is 0 Å². The van der Waals surface area contributed by atoms with E-state index in [-0.39, 0.29) is 5.69 Å². The molecule has 0 radical (unpaired) electrons. The average molecular weight is 257 g/mol. The van der Waals surface area contributed by atoms with Gasteiger partial charge >= 0.3 is 0 Å². The fourth-order valence-electron chi connectivity index (χ4n) is 1.86. The average Bonchev–Trinajstić information content (AvgIpc) is 2.46. The first kappa shape index (κ1) is 12.8. The maximum atomic E-state index is 11.1. The highest BCUT2D eigenvalue weighted by molar-refractivity contribution is 5.90. The quantitative estimate of drug-likeness (QED) is 0.479. The SMILES string of the molecule is COc1ccc(-c2ccccc2C=O)c([N+](=O)[O-])c1. The van der Waals surface area contributed by atoms with Crippen molar-refractivity contribution >= 4 is 12.0 Å². The third kappa shape index (κ3) is 2.44. The van der Waals surface area contributed by atoms with Crippen LogP contribution in [0.1, 0.15) is 10.4 Å². The van der Waals surface area contributed by atoms with E-state index in [1.54, 1.807) is 36.4 Å². The van der Waals surface area contributed by atoms with E-state index in [0.29, 0.717) is 28.7 Å². The lowest BCUT2D eigenvalue weighted by Gasteiger charge is -2.07. The second-order valence-electron chi connectivity index (χ2n) is 3.85. The molecule has 19 heavy (non-hydrogen) atoms. The largest absolute Gasteiger partial charge is 0.497 e. The predicted molar refractivity (Wildman–Crippen MR) is 70.5 cm³/mol. The molecule has 2 rings (SSSR count). The first-order valence-corrected chi connectivity index (χ1v) is 5.54. The molecule has 0 saturated heterocycles. The second kappa shape index (κ2) is 5.30. The predicted octanol–water partition coefficient (Wildman–Crippen LogP) is 3.08. The van der Waals surface area contributed by atoms with Gasteiger partial charge in [0.2, 0.25) is 0 Å². The summed E-state index contributed by atoms with van der Waals surface area (Å²) in [6.45, 7) is 0. The Hall–Kier alpha value is -2.69. The molecule has 0 aliphatic heterocycles. The second-order valence-corrected chi connectivity index (χ2v) is 3.85. The summed E-state index contributed by atoms with van der Waals surface area (Å²) in [6.07, 6.45) is 0.684. The zero-order valence-electron chi connectivity index (χ0n) is 10.2. The minimum Gasteiger partial charge on any atom is -0.497 e. The fourth-order valence-corrected chi connectivity index (χ4v) is 1.86. The van der Waals surface area contributed by atoms with E-state index < -0.39 is 4.92 Å². The molecule has 0 bridgehead atoms. The highest BCUT2D eigenvalue weighted by Gasteiger charge is 2.18. The molecule has 0 unspecified atom stereocenters. The molecule has 0 saturated carbocycles. The number of aldehydes is 1. The number of benzene rings is 2. The number of nitro benzene ring substituents is 1. The number of nitro groups is 1. The monoisotopic (exact) mass is 257 g/mol. The van der Waals surface area contributed by atoms with Crippen LogP contribution in [0.3, 0.4) is 0 Å². The molecule has 0 fully saturated rings. The summed E-state index contributed by atoms with van der Waals surface area (Å²) in [6, 6.07) is 11.3. The Morgan fingerprint density at radius 1 is 1.16 bits per heavy atom. The van der Waals surface area contributed by atoms with Crippen molar-refractivity contribution in [1.82, 2.24) is 0 Å². The van der Waals surface area contributed by atoms with E-state index >= 15 is 0 Å². The number of hydrogen-bond donors (Lipinski definition) is 0. The lowest BCUT2D eigenvalue weighted by Crippen LogP contribution is -1.95. The molecule has 0 aliphatic rings. The van der Waals surface area contributed by atoms with Crippen LogP contribution in [0.2, 0.25) is 0 Å². The molecule has 5 heteroatoms. The van der Waals surface area contributed by atoms with E-state index in [2.05, 4.69) is 0 Å². The summed E-state index contributed by atoms with van der Waals surface area (Å²) >= 11 is 0. The Balaban J connectivity index is 2.68. The van der Waals surface area contributed by atoms with Crippen LogP contribution in [0.25, 0.3) is 11.1 Å². The van der Waals surface area contributed by atoms with Crippen LogP contribution < -0.4 is 4.74 Å². The van der Waals surface area contributed by atoms with Crippen molar-refractivity contribution < 1.29 is 14.5 Å². The van der Waals surface area contributed by atoms with Gasteiger partial charge in [0, 0.05) is 5.56 Å². The smallest absolute Gasteiger partial charge is 0.280 e. The number of nitrogens with zero attached hydrogens (tertiary/aromatic N) is 1. The van der Waals surface area contributed by atoms with Gasteiger partial charge in [-0.2, -0.15) is 0 Å². The Labute approximate surface area is 109 Å². The van der Waals surface area contributed by atoms with E-state index in [9.17, 15) is 14.9 Å². The van der Waals surface area contributed by atoms with Gasteiger partial charge in [0.1, 0.15) is 5.75 Å². The molecule has 0 aromatic heterocycles. The van der Waals surface area contributed by atoms with E-state index in [1.807, 2.05) is 0 Å². The van der Waals surface area contributed by atoms with Crippen LogP contribution in [0.15, 0.2) is 42.5 Å². The van der Waals surface area contributed by atoms with Crippen molar-refractivity contribution in [3.8, 4) is 16.9 Å². The molecule has 5 nitrogen and oxygen atoms in total. The van der Waals surface area contributed by atoms with Crippen LogP contribution in [-0.2, 0) is 0 Å². The molecule has 0 amide bonds. The first-order valence-electron chi connectivity index (χ1n) is 5.54. The minimum absolute atomic E-state index is 0.0892. The van der Waals surface area contributed by atoms with Gasteiger partial charge in [-0.05, 0) is 17.7 Å². The van der Waals surface area contributed by atoms with Crippen molar-refractivity contribution in [2.24, 2.45) is 0 Å². The van der Waals surface area contributed by atoms with Crippen LogP contribution in [0.4, 0.5) is 5.69 Å². The number of rotatable bonds is 4. The summed E-state index contributed by atoms with van der Waals surface area (Å²) in [7, 11) is 1.44. The zero-order valence-corrected chi connectivity index (χ0v) is 10.2. The molecule has 0 aliphatic carbocycles. The third-order valence-corrected chi connectivity index (χ3v) is 2.78. The lowest BCUT2D eigenvalue weighted by molar-refractivity contribution is -0.384. The van der Waals surface area contributed by atoms with Gasteiger partial charge in [-0.3, -0.25) is 14.9 Å². The number of hydrogen-bond acceptors (Lipinski definition) is 4. The number of ether oxygens (including phenoxy) is 1. The van der Waals surface area contributed by atoms with Gasteiger partial charge in [-0.25, -0.2) is 0 Å². The van der Waals surface area contributed by atoms with Crippen molar-refractivity contribution in [1.29, 1.82) is 0 Å². The van der Waals surface area contributed by atoms with Crippen molar-refractivity contribution in [2.75, 3.05) is 7.11 Å². The number of methoxy groups -OCH3 is 1. The maximum Gasteiger partial charge on any atom is 0.280 e. The molecule has 2 aromatic rings. The summed E-state index contributed by atoms with van der Waals surface area (Å²) in [5.74, 6) is 0.402. The van der Waals surface area contributed by atoms with Gasteiger partial charge in [-0.15, -0.1) is 0 Å². The van der Waals surface area contributed by atoms with Gasteiger partial charge < -0.3 is 4.74 Å². The Kier molecular flexibility index (Phi) is 3.56. The Morgan fingerprint density at radius 2 is 1.89 bits per heavy atom. The molecular formula is C14H11NO4. The molecule has 0 spiro atoms. The van der Waals surface area contributed by atoms with Crippen LogP contribution in [-0.4, -0.2) is 18.3 Å². The third-order valence-electron chi connectivity index (χ3n) is 2.78. The van der Waals surface area contributed by atoms with Crippen molar-refractivity contribution in [2.45, 2.75) is 0 Å². The maximum absolute atomic E-state index is 11.1. The summed E-state index contributed by atoms with van der Waals surface area (Å²) in [5, 5.41) is 11.1. The van der Waals surface area contributed by atoms with E-state index in [4.69, 9.17) is 4.74 Å². The summed E-state index contributed by atoms with van der Waals surface area (Å²) in [5.41, 5.74) is 1.25. The van der Waals surface area contributed by atoms with Crippen LogP contribution in [0, 0.1) is 10.1 Å². The number of carbonyl (C=O) groups excluding carboxylic acids is 1. The summed E-state index contributed by atoms with van der Waals surface area (Å²) in [4.78, 5) is 21.6. The first-order chi connectivity index (χ1) is 9.17. The zero-order chi connectivity index (χ0) is 13.8. The van der Waals surface area contributed by atoms with Gasteiger partial charge in [0.05, 0.1) is 23.7 Å².